The van der Waals surface area contributed by atoms with Gasteiger partial charge in [0.1, 0.15) is 0 Å². The van der Waals surface area contributed by atoms with Crippen LogP contribution >= 0.6 is 0 Å². The van der Waals surface area contributed by atoms with Crippen LogP contribution in [0, 0.1) is 10.1 Å². The first-order chi connectivity index (χ1) is 7.84. The molecule has 7 heteroatoms. The van der Waals surface area contributed by atoms with E-state index in [9.17, 15) is 18.5 Å². The summed E-state index contributed by atoms with van der Waals surface area (Å²) in [5.41, 5.74) is 0.0958. The molecule has 1 aromatic rings. The molecule has 0 amide bonds. The minimum absolute atomic E-state index is 0.133. The predicted octanol–water partition coefficient (Wildman–Crippen LogP) is 1.89. The van der Waals surface area contributed by atoms with Crippen molar-refractivity contribution in [2.75, 3.05) is 4.72 Å². The average Bonchev–Trinajstić information content (AvgIpc) is 2.98. The van der Waals surface area contributed by atoms with Gasteiger partial charge in [0.2, 0.25) is 10.0 Å². The van der Waals surface area contributed by atoms with Crippen molar-refractivity contribution >= 4 is 21.4 Å². The number of non-ortho nitro benzene ring substituents is 1. The fraction of sp³-hybridized carbons (Fsp3) is 0.400. The lowest BCUT2D eigenvalue weighted by Gasteiger charge is -2.12. The van der Waals surface area contributed by atoms with Gasteiger partial charge in [0, 0.05) is 12.1 Å². The van der Waals surface area contributed by atoms with E-state index in [1.54, 1.807) is 6.92 Å². The molecule has 92 valence electrons. The third-order valence-corrected chi connectivity index (χ3v) is 5.12. The van der Waals surface area contributed by atoms with E-state index in [1.165, 1.54) is 24.3 Å². The molecule has 0 bridgehead atoms. The lowest BCUT2D eigenvalue weighted by atomic mass is 10.3. The van der Waals surface area contributed by atoms with Crippen LogP contribution in [-0.2, 0) is 10.0 Å². The average molecular weight is 256 g/mol. The molecule has 0 saturated heterocycles. The number of hydrogen-bond acceptors (Lipinski definition) is 4. The zero-order chi connectivity index (χ0) is 12.7. The van der Waals surface area contributed by atoms with Gasteiger partial charge in [-0.1, -0.05) is 6.07 Å². The smallest absolute Gasteiger partial charge is 0.271 e. The standard InChI is InChI=1S/C10H12N2O4S/c1-10(5-6-10)17(15,16)11-8-3-2-4-9(7-8)12(13)14/h2-4,7,11H,5-6H2,1H3. The molecular weight excluding hydrogens is 244 g/mol. The van der Waals surface area contributed by atoms with Crippen molar-refractivity contribution in [3.8, 4) is 0 Å². The van der Waals surface area contributed by atoms with Crippen molar-refractivity contribution in [1.29, 1.82) is 0 Å². The number of sulfonamides is 1. The molecule has 1 fully saturated rings. The molecule has 1 N–H and O–H groups in total. The molecule has 6 nitrogen and oxygen atoms in total. The number of nitrogens with one attached hydrogen (secondary N) is 1. The molecule has 2 rings (SSSR count). The van der Waals surface area contributed by atoms with Gasteiger partial charge in [-0.25, -0.2) is 8.42 Å². The Morgan fingerprint density at radius 1 is 1.41 bits per heavy atom. The molecule has 1 aliphatic rings. The van der Waals surface area contributed by atoms with E-state index in [0.29, 0.717) is 12.8 Å². The lowest BCUT2D eigenvalue weighted by molar-refractivity contribution is -0.384. The first kappa shape index (κ1) is 11.8. The maximum atomic E-state index is 11.9. The highest BCUT2D eigenvalue weighted by molar-refractivity contribution is 7.94. The first-order valence-electron chi connectivity index (χ1n) is 5.11. The summed E-state index contributed by atoms with van der Waals surface area (Å²) in [5.74, 6) is 0. The van der Waals surface area contributed by atoms with E-state index in [-0.39, 0.29) is 11.4 Å². The van der Waals surface area contributed by atoms with Crippen molar-refractivity contribution in [2.24, 2.45) is 0 Å². The summed E-state index contributed by atoms with van der Waals surface area (Å²) >= 11 is 0. The Morgan fingerprint density at radius 2 is 2.06 bits per heavy atom. The van der Waals surface area contributed by atoms with Gasteiger partial charge in [-0.05, 0) is 25.8 Å². The van der Waals surface area contributed by atoms with E-state index in [1.807, 2.05) is 0 Å². The van der Waals surface area contributed by atoms with Gasteiger partial charge in [0.15, 0.2) is 0 Å². The molecule has 0 heterocycles. The van der Waals surface area contributed by atoms with Crippen LogP contribution in [0.15, 0.2) is 24.3 Å². The van der Waals surface area contributed by atoms with Gasteiger partial charge in [-0.2, -0.15) is 0 Å². The maximum Gasteiger partial charge on any atom is 0.271 e. The second-order valence-electron chi connectivity index (χ2n) is 4.36. The summed E-state index contributed by atoms with van der Waals surface area (Å²) in [6.07, 6.45) is 1.24. The summed E-state index contributed by atoms with van der Waals surface area (Å²) < 4.78 is 25.4. The molecule has 0 aromatic heterocycles. The third-order valence-electron chi connectivity index (χ3n) is 2.91. The number of nitro benzene ring substituents is 1. The van der Waals surface area contributed by atoms with Gasteiger partial charge < -0.3 is 0 Å². The first-order valence-corrected chi connectivity index (χ1v) is 6.59. The van der Waals surface area contributed by atoms with Crippen LogP contribution in [-0.4, -0.2) is 18.1 Å². The molecular formula is C10H12N2O4S. The number of nitro groups is 1. The SMILES string of the molecule is CC1(S(=O)(=O)Nc2cccc([N+](=O)[O-])c2)CC1. The van der Waals surface area contributed by atoms with E-state index >= 15 is 0 Å². The van der Waals surface area contributed by atoms with Crippen molar-refractivity contribution in [3.63, 3.8) is 0 Å². The summed E-state index contributed by atoms with van der Waals surface area (Å²) in [6, 6.07) is 5.47. The fourth-order valence-electron chi connectivity index (χ4n) is 1.41. The lowest BCUT2D eigenvalue weighted by Crippen LogP contribution is -2.26. The highest BCUT2D eigenvalue weighted by Gasteiger charge is 2.50. The largest absolute Gasteiger partial charge is 0.283 e. The number of rotatable bonds is 4. The number of benzene rings is 1. The van der Waals surface area contributed by atoms with E-state index < -0.39 is 19.7 Å². The minimum Gasteiger partial charge on any atom is -0.283 e. The maximum absolute atomic E-state index is 11.9. The van der Waals surface area contributed by atoms with Gasteiger partial charge in [0.05, 0.1) is 15.4 Å². The topological polar surface area (TPSA) is 89.3 Å². The molecule has 0 spiro atoms. The Balaban J connectivity index is 2.25. The number of anilines is 1. The van der Waals surface area contributed by atoms with Crippen LogP contribution in [0.1, 0.15) is 19.8 Å². The van der Waals surface area contributed by atoms with Crippen LogP contribution in [0.3, 0.4) is 0 Å². The number of nitrogens with zero attached hydrogens (tertiary/aromatic N) is 1. The van der Waals surface area contributed by atoms with Crippen molar-refractivity contribution in [1.82, 2.24) is 0 Å². The van der Waals surface area contributed by atoms with Gasteiger partial charge in [0.25, 0.3) is 5.69 Å². The molecule has 0 atom stereocenters. The fourth-order valence-corrected chi connectivity index (χ4v) is 2.73. The van der Waals surface area contributed by atoms with E-state index in [2.05, 4.69) is 4.72 Å². The number of hydrogen-bond donors (Lipinski definition) is 1. The van der Waals surface area contributed by atoms with E-state index in [0.717, 1.165) is 0 Å². The molecule has 1 aromatic carbocycles. The Bertz CT molecular complexity index is 563. The Morgan fingerprint density at radius 3 is 2.59 bits per heavy atom. The van der Waals surface area contributed by atoms with Gasteiger partial charge in [-0.15, -0.1) is 0 Å². The van der Waals surface area contributed by atoms with Gasteiger partial charge >= 0.3 is 0 Å². The Labute approximate surface area is 98.8 Å². The van der Waals surface area contributed by atoms with Crippen LogP contribution in [0.25, 0.3) is 0 Å². The second kappa shape index (κ2) is 3.69. The zero-order valence-electron chi connectivity index (χ0n) is 9.21. The quantitative estimate of drug-likeness (QED) is 0.658. The third kappa shape index (κ3) is 2.23. The van der Waals surface area contributed by atoms with Crippen molar-refractivity contribution in [2.45, 2.75) is 24.5 Å². The van der Waals surface area contributed by atoms with Crippen LogP contribution in [0.2, 0.25) is 0 Å². The Kier molecular flexibility index (Phi) is 2.57. The molecule has 0 radical (unpaired) electrons. The normalized spacial score (nSPS) is 17.5. The summed E-state index contributed by atoms with van der Waals surface area (Å²) in [7, 11) is -3.45. The predicted molar refractivity (Wildman–Crippen MR) is 63.3 cm³/mol. The summed E-state index contributed by atoms with van der Waals surface area (Å²) in [4.78, 5) is 10.00. The van der Waals surface area contributed by atoms with Crippen molar-refractivity contribution < 1.29 is 13.3 Å². The van der Waals surface area contributed by atoms with E-state index in [4.69, 9.17) is 0 Å². The van der Waals surface area contributed by atoms with Crippen molar-refractivity contribution in [3.05, 3.63) is 34.4 Å². The Hall–Kier alpha value is -1.63. The summed E-state index contributed by atoms with van der Waals surface area (Å²) in [6.45, 7) is 1.66. The minimum atomic E-state index is -3.45. The molecule has 0 aliphatic heterocycles. The highest BCUT2D eigenvalue weighted by Crippen LogP contribution is 2.43. The van der Waals surface area contributed by atoms with Gasteiger partial charge in [-0.3, -0.25) is 14.8 Å². The van der Waals surface area contributed by atoms with Crippen LogP contribution in [0.4, 0.5) is 11.4 Å². The summed E-state index contributed by atoms with van der Waals surface area (Å²) in [5, 5.41) is 10.6. The zero-order valence-corrected chi connectivity index (χ0v) is 10.0. The molecule has 0 unspecified atom stereocenters. The molecule has 1 saturated carbocycles. The molecule has 1 aliphatic carbocycles. The molecule has 17 heavy (non-hydrogen) atoms. The van der Waals surface area contributed by atoms with Crippen LogP contribution < -0.4 is 4.72 Å². The highest BCUT2D eigenvalue weighted by atomic mass is 32.2. The monoisotopic (exact) mass is 256 g/mol. The second-order valence-corrected chi connectivity index (χ2v) is 6.56. The van der Waals surface area contributed by atoms with Crippen LogP contribution in [0.5, 0.6) is 0 Å².